The molecular formula is C30H26F2N6O2. The van der Waals surface area contributed by atoms with Gasteiger partial charge in [-0.15, -0.1) is 0 Å². The number of nitrogens with zero attached hydrogens (tertiary/aromatic N) is 5. The Morgan fingerprint density at radius 3 is 2.70 bits per heavy atom. The first kappa shape index (κ1) is 25.5. The van der Waals surface area contributed by atoms with Crippen LogP contribution in [-0.4, -0.2) is 37.9 Å². The van der Waals surface area contributed by atoms with Crippen LogP contribution in [0.2, 0.25) is 0 Å². The minimum Gasteiger partial charge on any atom is -0.454 e. The van der Waals surface area contributed by atoms with Gasteiger partial charge >= 0.3 is 0 Å². The van der Waals surface area contributed by atoms with Crippen LogP contribution in [0.4, 0.5) is 14.6 Å². The summed E-state index contributed by atoms with van der Waals surface area (Å²) in [5, 5.41) is 10.3. The third-order valence-corrected chi connectivity index (χ3v) is 7.41. The summed E-state index contributed by atoms with van der Waals surface area (Å²) in [6.45, 7) is 1.09. The van der Waals surface area contributed by atoms with E-state index in [-0.39, 0.29) is 23.3 Å². The fourth-order valence-electron chi connectivity index (χ4n) is 5.23. The minimum atomic E-state index is -1.05. The van der Waals surface area contributed by atoms with E-state index in [2.05, 4.69) is 16.0 Å². The highest BCUT2D eigenvalue weighted by molar-refractivity contribution is 6.01. The summed E-state index contributed by atoms with van der Waals surface area (Å²) >= 11 is 0. The minimum absolute atomic E-state index is 0.0972. The van der Waals surface area contributed by atoms with Gasteiger partial charge < -0.3 is 19.9 Å². The van der Waals surface area contributed by atoms with E-state index in [0.29, 0.717) is 41.6 Å². The van der Waals surface area contributed by atoms with Crippen molar-refractivity contribution in [3.8, 4) is 28.7 Å². The van der Waals surface area contributed by atoms with Gasteiger partial charge in [-0.1, -0.05) is 24.3 Å². The second kappa shape index (κ2) is 10.4. The van der Waals surface area contributed by atoms with Gasteiger partial charge in [0, 0.05) is 24.8 Å². The molecular weight excluding hydrogens is 514 g/mol. The van der Waals surface area contributed by atoms with Crippen molar-refractivity contribution in [3.63, 3.8) is 0 Å². The molecule has 2 aliphatic rings. The molecule has 3 heterocycles. The maximum atomic E-state index is 14.0. The first-order chi connectivity index (χ1) is 19.4. The zero-order chi connectivity index (χ0) is 27.8. The van der Waals surface area contributed by atoms with E-state index in [0.717, 1.165) is 42.9 Å². The van der Waals surface area contributed by atoms with Gasteiger partial charge in [-0.2, -0.15) is 9.65 Å². The molecule has 1 saturated heterocycles. The Balaban J connectivity index is 1.28. The summed E-state index contributed by atoms with van der Waals surface area (Å²) in [6, 6.07) is 12.7. The number of hydrogen-bond donors (Lipinski definition) is 1. The van der Waals surface area contributed by atoms with Crippen LogP contribution in [0.15, 0.2) is 66.6 Å². The number of allylic oxidation sites excluding steroid dienone is 1. The van der Waals surface area contributed by atoms with Crippen LogP contribution < -0.4 is 10.5 Å². The number of halogens is 2. The van der Waals surface area contributed by atoms with E-state index in [4.69, 9.17) is 10.5 Å². The van der Waals surface area contributed by atoms with Gasteiger partial charge in [0.2, 0.25) is 5.82 Å². The summed E-state index contributed by atoms with van der Waals surface area (Å²) in [6.07, 6.45) is 8.87. The number of fused-ring (bicyclic) bond motifs is 1. The molecule has 2 fully saturated rings. The molecule has 8 nitrogen and oxygen atoms in total. The molecule has 6 rings (SSSR count). The maximum absolute atomic E-state index is 14.0. The van der Waals surface area contributed by atoms with E-state index in [1.54, 1.807) is 29.2 Å². The van der Waals surface area contributed by atoms with E-state index in [9.17, 15) is 18.8 Å². The van der Waals surface area contributed by atoms with Crippen molar-refractivity contribution in [2.45, 2.75) is 38.3 Å². The predicted molar refractivity (Wildman–Crippen MR) is 145 cm³/mol. The topological polar surface area (TPSA) is 110 Å². The van der Waals surface area contributed by atoms with Gasteiger partial charge in [-0.25, -0.2) is 14.4 Å². The Bertz CT molecular complexity index is 1670. The molecule has 2 aromatic carbocycles. The van der Waals surface area contributed by atoms with Crippen LogP contribution in [0.25, 0.3) is 22.2 Å². The second-order valence-electron chi connectivity index (χ2n) is 10.2. The number of benzene rings is 2. The average molecular weight is 541 g/mol. The molecule has 202 valence electrons. The number of carbonyl (C=O) groups is 1. The van der Waals surface area contributed by atoms with Crippen molar-refractivity contribution in [1.29, 1.82) is 5.26 Å². The molecule has 1 saturated carbocycles. The monoisotopic (exact) mass is 540 g/mol. The number of likely N-dealkylation sites (tertiary alicyclic amines) is 1. The SMILES string of the molecule is N#CC(=CC1CC1)C(=O)N1CCC[C@H]1Cn1cc(-c2ccc(Oc3cccc(F)c3F)cc2)c2c(N)ncnc21. The Hall–Kier alpha value is -4.78. The highest BCUT2D eigenvalue weighted by Gasteiger charge is 2.33. The summed E-state index contributed by atoms with van der Waals surface area (Å²) in [4.78, 5) is 23.7. The van der Waals surface area contributed by atoms with Gasteiger partial charge in [0.25, 0.3) is 5.91 Å². The number of anilines is 1. The molecule has 0 unspecified atom stereocenters. The highest BCUT2D eigenvalue weighted by atomic mass is 19.2. The number of hydrogen-bond acceptors (Lipinski definition) is 6. The van der Waals surface area contributed by atoms with E-state index in [1.807, 2.05) is 16.8 Å². The average Bonchev–Trinajstić information content (AvgIpc) is 3.54. The van der Waals surface area contributed by atoms with E-state index in [1.165, 1.54) is 18.5 Å². The zero-order valence-corrected chi connectivity index (χ0v) is 21.6. The molecule has 1 aliphatic heterocycles. The van der Waals surface area contributed by atoms with Gasteiger partial charge in [0.15, 0.2) is 11.6 Å². The molecule has 4 aromatic rings. The van der Waals surface area contributed by atoms with E-state index >= 15 is 0 Å². The van der Waals surface area contributed by atoms with Crippen LogP contribution in [-0.2, 0) is 11.3 Å². The number of aromatic nitrogens is 3. The third kappa shape index (κ3) is 4.86. The van der Waals surface area contributed by atoms with Gasteiger partial charge in [0.05, 0.1) is 11.4 Å². The smallest absolute Gasteiger partial charge is 0.264 e. The van der Waals surface area contributed by atoms with E-state index < -0.39 is 11.6 Å². The standard InChI is InChI=1S/C30H26F2N6O2/c31-24-4-1-5-25(27(24)32)40-22-10-8-19(9-11-22)23-16-37(29-26(23)28(34)35-17-36-29)15-21-3-2-12-38(21)30(39)20(14-33)13-18-6-7-18/h1,4-5,8-11,13,16-18,21H,2-3,6-7,12,15H2,(H2,34,35,36)/t21-/m0/s1. The van der Waals surface area contributed by atoms with Gasteiger partial charge in [-0.05, 0) is 61.4 Å². The molecule has 1 amide bonds. The quantitative estimate of drug-likeness (QED) is 0.241. The summed E-state index contributed by atoms with van der Waals surface area (Å²) in [5.41, 5.74) is 8.74. The second-order valence-corrected chi connectivity index (χ2v) is 10.2. The number of nitrogens with two attached hydrogens (primary N) is 1. The normalized spacial score (nSPS) is 17.3. The lowest BCUT2D eigenvalue weighted by Crippen LogP contribution is -2.38. The van der Waals surface area contributed by atoms with Crippen molar-refractivity contribution < 1.29 is 18.3 Å². The molecule has 40 heavy (non-hydrogen) atoms. The lowest BCUT2D eigenvalue weighted by molar-refractivity contribution is -0.127. The molecule has 10 heteroatoms. The Morgan fingerprint density at radius 2 is 1.95 bits per heavy atom. The van der Waals surface area contributed by atoms with Crippen molar-refractivity contribution >= 4 is 22.8 Å². The number of carbonyl (C=O) groups excluding carboxylic acids is 1. The number of nitriles is 1. The van der Waals surface area contributed by atoms with Crippen LogP contribution in [0.1, 0.15) is 25.7 Å². The molecule has 0 bridgehead atoms. The van der Waals surface area contributed by atoms with Crippen molar-refractivity contribution in [2.24, 2.45) is 5.92 Å². The lowest BCUT2D eigenvalue weighted by Gasteiger charge is -2.25. The predicted octanol–water partition coefficient (Wildman–Crippen LogP) is 5.60. The highest BCUT2D eigenvalue weighted by Crippen LogP contribution is 2.36. The van der Waals surface area contributed by atoms with Crippen LogP contribution in [0.5, 0.6) is 11.5 Å². The fourth-order valence-corrected chi connectivity index (χ4v) is 5.23. The first-order valence-electron chi connectivity index (χ1n) is 13.2. The lowest BCUT2D eigenvalue weighted by atomic mass is 10.1. The Labute approximate surface area is 229 Å². The van der Waals surface area contributed by atoms with Crippen LogP contribution >= 0.6 is 0 Å². The molecule has 0 spiro atoms. The fraction of sp³-hybridized carbons (Fsp3) is 0.267. The first-order valence-corrected chi connectivity index (χ1v) is 13.2. The molecule has 1 aliphatic carbocycles. The molecule has 2 aromatic heterocycles. The maximum Gasteiger partial charge on any atom is 0.264 e. The van der Waals surface area contributed by atoms with Crippen molar-refractivity contribution in [3.05, 3.63) is 78.3 Å². The summed E-state index contributed by atoms with van der Waals surface area (Å²) in [7, 11) is 0. The number of nitrogen functional groups attached to an aromatic ring is 1. The number of ether oxygens (including phenoxy) is 1. The van der Waals surface area contributed by atoms with Gasteiger partial charge in [-0.3, -0.25) is 4.79 Å². The molecule has 2 N–H and O–H groups in total. The van der Waals surface area contributed by atoms with Crippen LogP contribution in [0, 0.1) is 28.9 Å². The summed E-state index contributed by atoms with van der Waals surface area (Å²) in [5.74, 6) is -1.46. The van der Waals surface area contributed by atoms with Crippen LogP contribution in [0.3, 0.4) is 0 Å². The summed E-state index contributed by atoms with van der Waals surface area (Å²) < 4.78 is 35.1. The Morgan fingerprint density at radius 1 is 1.15 bits per heavy atom. The molecule has 0 radical (unpaired) electrons. The number of rotatable bonds is 7. The number of amides is 1. The Kier molecular flexibility index (Phi) is 6.64. The zero-order valence-electron chi connectivity index (χ0n) is 21.6. The molecule has 1 atom stereocenters. The van der Waals surface area contributed by atoms with Crippen molar-refractivity contribution in [1.82, 2.24) is 19.4 Å². The van der Waals surface area contributed by atoms with Crippen molar-refractivity contribution in [2.75, 3.05) is 12.3 Å². The third-order valence-electron chi connectivity index (χ3n) is 7.41. The van der Waals surface area contributed by atoms with Gasteiger partial charge in [0.1, 0.15) is 35.2 Å². The largest absolute Gasteiger partial charge is 0.454 e.